The minimum absolute atomic E-state index is 0.144. The number of nitrogens with zero attached hydrogens (tertiary/aromatic N) is 3. The molecule has 8 heteroatoms. The number of pyridine rings is 1. The fourth-order valence-electron chi connectivity index (χ4n) is 1.97. The fraction of sp³-hybridized carbons (Fsp3) is 0.417. The molecular formula is C12H14F3N5. The van der Waals surface area contributed by atoms with E-state index in [1.807, 2.05) is 0 Å². The summed E-state index contributed by atoms with van der Waals surface area (Å²) in [4.78, 5) is 7.85. The Morgan fingerprint density at radius 2 is 2.05 bits per heavy atom. The first-order chi connectivity index (χ1) is 9.38. The van der Waals surface area contributed by atoms with Crippen LogP contribution in [0.1, 0.15) is 22.6 Å². The minimum atomic E-state index is -4.43. The van der Waals surface area contributed by atoms with Crippen molar-refractivity contribution in [3.8, 4) is 0 Å². The molecule has 0 unspecified atom stereocenters. The zero-order valence-electron chi connectivity index (χ0n) is 11.0. The summed E-state index contributed by atoms with van der Waals surface area (Å²) in [6.07, 6.45) is -2.64. The molecule has 2 rings (SSSR count). The summed E-state index contributed by atoms with van der Waals surface area (Å²) in [7, 11) is 0. The number of nitrogens with one attached hydrogen (secondary N) is 2. The van der Waals surface area contributed by atoms with Gasteiger partial charge in [0.05, 0.1) is 0 Å². The molecule has 0 amide bonds. The van der Waals surface area contributed by atoms with Gasteiger partial charge in [0, 0.05) is 18.7 Å². The summed E-state index contributed by atoms with van der Waals surface area (Å²) in [5, 5.41) is 9.04. The van der Waals surface area contributed by atoms with Crippen LogP contribution in [-0.4, -0.2) is 26.7 Å². The Bertz CT molecular complexity index is 578. The lowest BCUT2D eigenvalue weighted by molar-refractivity contribution is -0.137. The van der Waals surface area contributed by atoms with Crippen LogP contribution in [0.3, 0.4) is 0 Å². The van der Waals surface area contributed by atoms with Gasteiger partial charge in [0.15, 0.2) is 0 Å². The number of anilines is 1. The average molecular weight is 285 g/mol. The number of aromatic nitrogens is 4. The first kappa shape index (κ1) is 14.3. The Hall–Kier alpha value is -2.12. The van der Waals surface area contributed by atoms with E-state index in [0.717, 1.165) is 0 Å². The van der Waals surface area contributed by atoms with Crippen LogP contribution in [0, 0.1) is 13.8 Å². The molecule has 0 aliphatic rings. The van der Waals surface area contributed by atoms with E-state index in [0.29, 0.717) is 17.9 Å². The number of aromatic amines is 1. The van der Waals surface area contributed by atoms with E-state index < -0.39 is 11.7 Å². The van der Waals surface area contributed by atoms with Crippen LogP contribution in [0.5, 0.6) is 0 Å². The highest BCUT2D eigenvalue weighted by Crippen LogP contribution is 2.36. The van der Waals surface area contributed by atoms with Crippen molar-refractivity contribution in [3.63, 3.8) is 0 Å². The van der Waals surface area contributed by atoms with Crippen LogP contribution in [0.4, 0.5) is 19.0 Å². The van der Waals surface area contributed by atoms with Gasteiger partial charge in [0.1, 0.15) is 23.5 Å². The third-order valence-corrected chi connectivity index (χ3v) is 2.75. The van der Waals surface area contributed by atoms with Crippen molar-refractivity contribution in [3.05, 3.63) is 35.0 Å². The predicted molar refractivity (Wildman–Crippen MR) is 67.3 cm³/mol. The number of rotatable bonds is 4. The van der Waals surface area contributed by atoms with Crippen molar-refractivity contribution in [2.45, 2.75) is 26.4 Å². The lowest BCUT2D eigenvalue weighted by atomic mass is 10.1. The molecule has 2 aromatic rings. The molecule has 108 valence electrons. The summed E-state index contributed by atoms with van der Waals surface area (Å²) < 4.78 is 39.1. The lowest BCUT2D eigenvalue weighted by Gasteiger charge is -2.16. The summed E-state index contributed by atoms with van der Waals surface area (Å²) >= 11 is 0. The minimum Gasteiger partial charge on any atom is -0.369 e. The van der Waals surface area contributed by atoms with Crippen molar-refractivity contribution in [1.82, 2.24) is 20.2 Å². The molecule has 5 nitrogen and oxygen atoms in total. The standard InChI is InChI=1S/C12H14F3N5/c1-7-5-8(2)19-11(10(7)12(13,14)15)16-4-3-9-17-6-18-20-9/h5-6H,3-4H2,1-2H3,(H,16,19)(H,17,18,20). The molecule has 0 aromatic carbocycles. The van der Waals surface area contributed by atoms with Gasteiger partial charge < -0.3 is 5.32 Å². The number of hydrogen-bond donors (Lipinski definition) is 2. The summed E-state index contributed by atoms with van der Waals surface area (Å²) in [5.41, 5.74) is -0.0227. The Kier molecular flexibility index (Phi) is 3.91. The Morgan fingerprint density at radius 3 is 2.65 bits per heavy atom. The Balaban J connectivity index is 2.17. The first-order valence-electron chi connectivity index (χ1n) is 6.01. The zero-order valence-corrected chi connectivity index (χ0v) is 11.0. The second-order valence-electron chi connectivity index (χ2n) is 4.41. The first-order valence-corrected chi connectivity index (χ1v) is 6.01. The molecule has 0 fully saturated rings. The topological polar surface area (TPSA) is 66.5 Å². The van der Waals surface area contributed by atoms with Crippen LogP contribution in [0.15, 0.2) is 12.4 Å². The second-order valence-corrected chi connectivity index (χ2v) is 4.41. The van der Waals surface area contributed by atoms with Crippen LogP contribution in [-0.2, 0) is 12.6 Å². The van der Waals surface area contributed by atoms with E-state index in [4.69, 9.17) is 0 Å². The molecule has 2 aromatic heterocycles. The highest BCUT2D eigenvalue weighted by molar-refractivity contribution is 5.51. The molecule has 0 spiro atoms. The van der Waals surface area contributed by atoms with Gasteiger partial charge in [-0.25, -0.2) is 9.97 Å². The number of H-pyrrole nitrogens is 1. The molecule has 0 atom stereocenters. The van der Waals surface area contributed by atoms with E-state index >= 15 is 0 Å². The quantitative estimate of drug-likeness (QED) is 0.905. The predicted octanol–water partition coefficient (Wildman–Crippen LogP) is 2.49. The summed E-state index contributed by atoms with van der Waals surface area (Å²) in [5.74, 6) is 0.463. The maximum Gasteiger partial charge on any atom is 0.420 e. The fourth-order valence-corrected chi connectivity index (χ4v) is 1.97. The van der Waals surface area contributed by atoms with Gasteiger partial charge in [0.25, 0.3) is 0 Å². The van der Waals surface area contributed by atoms with E-state index in [9.17, 15) is 13.2 Å². The lowest BCUT2D eigenvalue weighted by Crippen LogP contribution is -2.16. The molecule has 0 aliphatic heterocycles. The van der Waals surface area contributed by atoms with Crippen molar-refractivity contribution in [2.75, 3.05) is 11.9 Å². The summed E-state index contributed by atoms with van der Waals surface area (Å²) in [6, 6.07) is 1.42. The van der Waals surface area contributed by atoms with Gasteiger partial charge in [-0.3, -0.25) is 5.10 Å². The van der Waals surface area contributed by atoms with Gasteiger partial charge in [-0.1, -0.05) is 0 Å². The monoisotopic (exact) mass is 285 g/mol. The van der Waals surface area contributed by atoms with E-state index in [1.54, 1.807) is 6.92 Å². The molecule has 0 aliphatic carbocycles. The third-order valence-electron chi connectivity index (χ3n) is 2.75. The van der Waals surface area contributed by atoms with E-state index in [-0.39, 0.29) is 17.9 Å². The van der Waals surface area contributed by atoms with E-state index in [1.165, 1.54) is 19.3 Å². The maximum atomic E-state index is 13.0. The summed E-state index contributed by atoms with van der Waals surface area (Å²) in [6.45, 7) is 3.38. The van der Waals surface area contributed by atoms with Gasteiger partial charge in [-0.05, 0) is 25.5 Å². The molecule has 2 heterocycles. The van der Waals surface area contributed by atoms with Crippen molar-refractivity contribution in [1.29, 1.82) is 0 Å². The molecule has 2 N–H and O–H groups in total. The highest BCUT2D eigenvalue weighted by Gasteiger charge is 2.36. The van der Waals surface area contributed by atoms with Gasteiger partial charge in [-0.2, -0.15) is 18.3 Å². The normalized spacial score (nSPS) is 11.7. The van der Waals surface area contributed by atoms with Crippen LogP contribution in [0.2, 0.25) is 0 Å². The molecular weight excluding hydrogens is 271 g/mol. The van der Waals surface area contributed by atoms with Crippen LogP contribution >= 0.6 is 0 Å². The van der Waals surface area contributed by atoms with Gasteiger partial charge >= 0.3 is 6.18 Å². The smallest absolute Gasteiger partial charge is 0.369 e. The Labute approximate surface area is 113 Å². The SMILES string of the molecule is Cc1cc(C)c(C(F)(F)F)c(NCCc2ncn[nH]2)n1. The Morgan fingerprint density at radius 1 is 1.30 bits per heavy atom. The maximum absolute atomic E-state index is 13.0. The molecule has 0 saturated carbocycles. The highest BCUT2D eigenvalue weighted by atomic mass is 19.4. The van der Waals surface area contributed by atoms with Crippen LogP contribution < -0.4 is 5.32 Å². The second kappa shape index (κ2) is 5.48. The average Bonchev–Trinajstić information content (AvgIpc) is 2.78. The van der Waals surface area contributed by atoms with Crippen molar-refractivity contribution >= 4 is 5.82 Å². The van der Waals surface area contributed by atoms with E-state index in [2.05, 4.69) is 25.5 Å². The van der Waals surface area contributed by atoms with Crippen molar-refractivity contribution in [2.24, 2.45) is 0 Å². The molecule has 20 heavy (non-hydrogen) atoms. The number of aryl methyl sites for hydroxylation is 2. The number of alkyl halides is 3. The zero-order chi connectivity index (χ0) is 14.8. The molecule has 0 bridgehead atoms. The molecule has 0 radical (unpaired) electrons. The number of halogens is 3. The molecule has 0 saturated heterocycles. The van der Waals surface area contributed by atoms with Gasteiger partial charge in [0.2, 0.25) is 0 Å². The number of hydrogen-bond acceptors (Lipinski definition) is 4. The van der Waals surface area contributed by atoms with Crippen LogP contribution in [0.25, 0.3) is 0 Å². The van der Waals surface area contributed by atoms with Crippen molar-refractivity contribution < 1.29 is 13.2 Å². The van der Waals surface area contributed by atoms with Gasteiger partial charge in [-0.15, -0.1) is 0 Å². The third kappa shape index (κ3) is 3.25. The largest absolute Gasteiger partial charge is 0.420 e.